The minimum absolute atomic E-state index is 0.315. The van der Waals surface area contributed by atoms with Crippen LogP contribution in [0.1, 0.15) is 16.6 Å². The summed E-state index contributed by atoms with van der Waals surface area (Å²) in [5.41, 5.74) is 7.06. The van der Waals surface area contributed by atoms with Gasteiger partial charge in [0.25, 0.3) is 0 Å². The zero-order chi connectivity index (χ0) is 15.4. The average Bonchev–Trinajstić information content (AvgIpc) is 2.51. The molecular weight excluding hydrogens is 293 g/mol. The van der Waals surface area contributed by atoms with Crippen molar-refractivity contribution in [1.82, 2.24) is 9.97 Å². The SMILES string of the molecule is COc1cc(OC)nc(C(SC)c2cc(F)ccc2N)n1. The fourth-order valence-electron chi connectivity index (χ4n) is 1.89. The van der Waals surface area contributed by atoms with Gasteiger partial charge in [0.1, 0.15) is 5.82 Å². The van der Waals surface area contributed by atoms with Crippen molar-refractivity contribution in [3.63, 3.8) is 0 Å². The molecule has 112 valence electrons. The van der Waals surface area contributed by atoms with Crippen LogP contribution in [0.3, 0.4) is 0 Å². The van der Waals surface area contributed by atoms with Gasteiger partial charge in [-0.15, -0.1) is 11.8 Å². The second-order valence-electron chi connectivity index (χ2n) is 4.20. The zero-order valence-electron chi connectivity index (χ0n) is 12.0. The summed E-state index contributed by atoms with van der Waals surface area (Å²) in [6.07, 6.45) is 1.88. The fourth-order valence-corrected chi connectivity index (χ4v) is 2.67. The molecule has 1 unspecified atom stereocenters. The van der Waals surface area contributed by atoms with E-state index in [9.17, 15) is 4.39 Å². The first-order valence-electron chi connectivity index (χ1n) is 6.13. The number of hydrogen-bond donors (Lipinski definition) is 1. The summed E-state index contributed by atoms with van der Waals surface area (Å²) < 4.78 is 23.8. The van der Waals surface area contributed by atoms with Gasteiger partial charge in [-0.05, 0) is 30.0 Å². The zero-order valence-corrected chi connectivity index (χ0v) is 12.8. The molecule has 0 saturated carbocycles. The first kappa shape index (κ1) is 15.4. The predicted molar refractivity (Wildman–Crippen MR) is 81.3 cm³/mol. The lowest BCUT2D eigenvalue weighted by Gasteiger charge is -2.17. The van der Waals surface area contributed by atoms with Crippen LogP contribution in [0.5, 0.6) is 11.8 Å². The highest BCUT2D eigenvalue weighted by atomic mass is 32.2. The second kappa shape index (κ2) is 6.62. The number of thioether (sulfide) groups is 1. The number of anilines is 1. The Hall–Kier alpha value is -2.02. The number of rotatable bonds is 5. The van der Waals surface area contributed by atoms with Crippen molar-refractivity contribution in [2.75, 3.05) is 26.2 Å². The summed E-state index contributed by atoms with van der Waals surface area (Å²) in [5, 5.41) is -0.315. The summed E-state index contributed by atoms with van der Waals surface area (Å²) in [7, 11) is 3.02. The molecule has 0 saturated heterocycles. The van der Waals surface area contributed by atoms with E-state index in [2.05, 4.69) is 9.97 Å². The third-order valence-corrected chi connectivity index (χ3v) is 3.85. The molecule has 0 amide bonds. The highest BCUT2D eigenvalue weighted by molar-refractivity contribution is 7.99. The van der Waals surface area contributed by atoms with Crippen molar-refractivity contribution in [3.05, 3.63) is 41.5 Å². The number of aromatic nitrogens is 2. The summed E-state index contributed by atoms with van der Waals surface area (Å²) in [4.78, 5) is 8.61. The first-order valence-corrected chi connectivity index (χ1v) is 7.42. The van der Waals surface area contributed by atoms with Crippen LogP contribution in [0.2, 0.25) is 0 Å². The number of nitrogens with zero attached hydrogens (tertiary/aromatic N) is 2. The Bertz CT molecular complexity index is 617. The Morgan fingerprint density at radius 1 is 1.14 bits per heavy atom. The molecule has 1 atom stereocenters. The van der Waals surface area contributed by atoms with Gasteiger partial charge < -0.3 is 15.2 Å². The van der Waals surface area contributed by atoms with E-state index in [-0.39, 0.29) is 11.1 Å². The van der Waals surface area contributed by atoms with Crippen LogP contribution in [-0.4, -0.2) is 30.4 Å². The molecule has 7 heteroatoms. The van der Waals surface area contributed by atoms with Crippen molar-refractivity contribution in [3.8, 4) is 11.8 Å². The lowest BCUT2D eigenvalue weighted by atomic mass is 10.1. The molecule has 21 heavy (non-hydrogen) atoms. The van der Waals surface area contributed by atoms with E-state index < -0.39 is 0 Å². The van der Waals surface area contributed by atoms with Gasteiger partial charge in [-0.25, -0.2) is 4.39 Å². The Morgan fingerprint density at radius 2 is 1.76 bits per heavy atom. The molecule has 2 rings (SSSR count). The van der Waals surface area contributed by atoms with Crippen molar-refractivity contribution < 1.29 is 13.9 Å². The molecule has 2 N–H and O–H groups in total. The van der Waals surface area contributed by atoms with E-state index in [0.717, 1.165) is 0 Å². The average molecular weight is 309 g/mol. The topological polar surface area (TPSA) is 70.3 Å². The number of hydrogen-bond acceptors (Lipinski definition) is 6. The van der Waals surface area contributed by atoms with Crippen LogP contribution in [0, 0.1) is 5.82 Å². The van der Waals surface area contributed by atoms with Gasteiger partial charge in [0.15, 0.2) is 5.82 Å². The summed E-state index contributed by atoms with van der Waals surface area (Å²) in [5.74, 6) is 0.862. The van der Waals surface area contributed by atoms with Crippen molar-refractivity contribution in [2.24, 2.45) is 0 Å². The lowest BCUT2D eigenvalue weighted by Crippen LogP contribution is -2.08. The largest absolute Gasteiger partial charge is 0.481 e. The Balaban J connectivity index is 2.52. The minimum atomic E-state index is -0.354. The predicted octanol–water partition coefficient (Wildman–Crippen LogP) is 2.67. The van der Waals surface area contributed by atoms with Crippen molar-refractivity contribution in [1.29, 1.82) is 0 Å². The minimum Gasteiger partial charge on any atom is -0.481 e. The van der Waals surface area contributed by atoms with E-state index in [1.165, 1.54) is 44.2 Å². The maximum atomic E-state index is 13.5. The summed E-state index contributed by atoms with van der Waals surface area (Å²) >= 11 is 1.45. The van der Waals surface area contributed by atoms with E-state index in [4.69, 9.17) is 15.2 Å². The Morgan fingerprint density at radius 3 is 2.29 bits per heavy atom. The quantitative estimate of drug-likeness (QED) is 0.856. The number of benzene rings is 1. The van der Waals surface area contributed by atoms with Gasteiger partial charge >= 0.3 is 0 Å². The lowest BCUT2D eigenvalue weighted by molar-refractivity contribution is 0.368. The Labute approximate surface area is 126 Å². The highest BCUT2D eigenvalue weighted by Gasteiger charge is 2.21. The third kappa shape index (κ3) is 3.36. The van der Waals surface area contributed by atoms with Crippen LogP contribution in [0.15, 0.2) is 24.3 Å². The van der Waals surface area contributed by atoms with Gasteiger partial charge in [0, 0.05) is 5.69 Å². The maximum Gasteiger partial charge on any atom is 0.220 e. The monoisotopic (exact) mass is 309 g/mol. The molecule has 0 bridgehead atoms. The molecule has 0 fully saturated rings. The van der Waals surface area contributed by atoms with Crippen molar-refractivity contribution >= 4 is 17.4 Å². The number of halogens is 1. The molecule has 0 aliphatic carbocycles. The van der Waals surface area contributed by atoms with Crippen LogP contribution < -0.4 is 15.2 Å². The first-order chi connectivity index (χ1) is 10.1. The van der Waals surface area contributed by atoms with Gasteiger partial charge in [-0.2, -0.15) is 9.97 Å². The fraction of sp³-hybridized carbons (Fsp3) is 0.286. The molecule has 1 heterocycles. The molecule has 0 radical (unpaired) electrons. The van der Waals surface area contributed by atoms with Gasteiger partial charge in [-0.3, -0.25) is 0 Å². The smallest absolute Gasteiger partial charge is 0.220 e. The molecule has 2 aromatic rings. The van der Waals surface area contributed by atoms with Gasteiger partial charge in [0.2, 0.25) is 11.8 Å². The third-order valence-electron chi connectivity index (χ3n) is 2.92. The normalized spacial score (nSPS) is 12.0. The standard InChI is InChI=1S/C14H16FN3O2S/c1-19-11-7-12(20-2)18-14(17-11)13(21-3)9-6-8(15)4-5-10(9)16/h4-7,13H,16H2,1-3H3. The van der Waals surface area contributed by atoms with Crippen LogP contribution in [0.4, 0.5) is 10.1 Å². The number of nitrogens with two attached hydrogens (primary N) is 1. The molecule has 0 aliphatic heterocycles. The molecule has 5 nitrogen and oxygen atoms in total. The second-order valence-corrected chi connectivity index (χ2v) is 5.14. The van der Waals surface area contributed by atoms with E-state index in [0.29, 0.717) is 28.8 Å². The van der Waals surface area contributed by atoms with E-state index in [1.54, 1.807) is 6.07 Å². The van der Waals surface area contributed by atoms with Crippen molar-refractivity contribution in [2.45, 2.75) is 5.25 Å². The molecule has 0 spiro atoms. The van der Waals surface area contributed by atoms with E-state index >= 15 is 0 Å². The van der Waals surface area contributed by atoms with E-state index in [1.807, 2.05) is 6.26 Å². The summed E-state index contributed by atoms with van der Waals surface area (Å²) in [6.45, 7) is 0. The van der Waals surface area contributed by atoms with Crippen LogP contribution >= 0.6 is 11.8 Å². The molecule has 1 aromatic heterocycles. The number of methoxy groups -OCH3 is 2. The molecule has 0 aliphatic rings. The molecule has 1 aromatic carbocycles. The summed E-state index contributed by atoms with van der Waals surface area (Å²) in [6, 6.07) is 5.83. The van der Waals surface area contributed by atoms with Crippen LogP contribution in [-0.2, 0) is 0 Å². The Kier molecular flexibility index (Phi) is 4.85. The number of nitrogen functional groups attached to an aromatic ring is 1. The number of ether oxygens (including phenoxy) is 2. The van der Waals surface area contributed by atoms with Crippen LogP contribution in [0.25, 0.3) is 0 Å². The molecular formula is C14H16FN3O2S. The highest BCUT2D eigenvalue weighted by Crippen LogP contribution is 2.36. The maximum absolute atomic E-state index is 13.5. The van der Waals surface area contributed by atoms with Gasteiger partial charge in [-0.1, -0.05) is 0 Å². The van der Waals surface area contributed by atoms with Gasteiger partial charge in [0.05, 0.1) is 25.5 Å².